The van der Waals surface area contributed by atoms with E-state index in [9.17, 15) is 18.0 Å². The summed E-state index contributed by atoms with van der Waals surface area (Å²) >= 11 is 0. The molecule has 0 saturated carbocycles. The number of anilines is 2. The maximum absolute atomic E-state index is 13.2. The van der Waals surface area contributed by atoms with Crippen LogP contribution in [-0.2, 0) is 16.4 Å². The molecule has 3 aromatic rings. The highest BCUT2D eigenvalue weighted by atomic mass is 32.2. The molecule has 0 unspecified atom stereocenters. The standard InChI is InChI=1S/C23H20N2O4S/c1-16(26)20-10-3-4-11-21(20)24-23(27)18-8-6-9-19(15-18)30(28,29)25-14-13-17-7-2-5-12-22(17)25/h2-12,15H,13-14H2,1H3,(H,24,27). The smallest absolute Gasteiger partial charge is 0.264 e. The number of sulfonamides is 1. The first-order valence-electron chi connectivity index (χ1n) is 9.50. The number of fused-ring (bicyclic) bond motifs is 1. The first-order chi connectivity index (χ1) is 14.4. The fourth-order valence-corrected chi connectivity index (χ4v) is 5.13. The second kappa shape index (κ2) is 7.76. The largest absolute Gasteiger partial charge is 0.321 e. The van der Waals surface area contributed by atoms with Crippen LogP contribution in [0.3, 0.4) is 0 Å². The van der Waals surface area contributed by atoms with Crippen molar-refractivity contribution in [1.82, 2.24) is 0 Å². The van der Waals surface area contributed by atoms with Crippen molar-refractivity contribution in [2.24, 2.45) is 0 Å². The lowest BCUT2D eigenvalue weighted by Crippen LogP contribution is -2.29. The molecule has 1 aliphatic heterocycles. The molecule has 0 radical (unpaired) electrons. The molecule has 152 valence electrons. The molecule has 0 atom stereocenters. The molecular formula is C23H20N2O4S. The van der Waals surface area contributed by atoms with E-state index in [1.54, 1.807) is 42.5 Å². The number of nitrogens with zero attached hydrogens (tertiary/aromatic N) is 1. The number of para-hydroxylation sites is 2. The number of rotatable bonds is 5. The summed E-state index contributed by atoms with van der Waals surface area (Å²) in [4.78, 5) is 24.6. The molecule has 0 spiro atoms. The lowest BCUT2D eigenvalue weighted by atomic mass is 10.1. The topological polar surface area (TPSA) is 83.5 Å². The van der Waals surface area contributed by atoms with Crippen LogP contribution in [0.1, 0.15) is 33.2 Å². The van der Waals surface area contributed by atoms with Crippen LogP contribution in [0.4, 0.5) is 11.4 Å². The summed E-state index contributed by atoms with van der Waals surface area (Å²) in [5, 5.41) is 2.70. The lowest BCUT2D eigenvalue weighted by molar-refractivity contribution is 0.101. The van der Waals surface area contributed by atoms with Crippen molar-refractivity contribution >= 4 is 33.1 Å². The quantitative estimate of drug-likeness (QED) is 0.635. The minimum absolute atomic E-state index is 0.0479. The molecule has 0 aromatic heterocycles. The van der Waals surface area contributed by atoms with E-state index < -0.39 is 15.9 Å². The molecule has 0 bridgehead atoms. The highest BCUT2D eigenvalue weighted by Crippen LogP contribution is 2.32. The third kappa shape index (κ3) is 3.59. The number of carbonyl (C=O) groups excluding carboxylic acids is 2. The highest BCUT2D eigenvalue weighted by molar-refractivity contribution is 7.92. The summed E-state index contributed by atoms with van der Waals surface area (Å²) in [5.74, 6) is -0.655. The van der Waals surface area contributed by atoms with Crippen LogP contribution in [0.25, 0.3) is 0 Å². The fourth-order valence-electron chi connectivity index (χ4n) is 3.58. The van der Waals surface area contributed by atoms with E-state index in [1.807, 2.05) is 18.2 Å². The summed E-state index contributed by atoms with van der Waals surface area (Å²) in [6.07, 6.45) is 0.650. The van der Waals surface area contributed by atoms with Crippen molar-refractivity contribution in [2.45, 2.75) is 18.2 Å². The van der Waals surface area contributed by atoms with Gasteiger partial charge in [-0.1, -0.05) is 36.4 Å². The van der Waals surface area contributed by atoms with E-state index >= 15 is 0 Å². The Balaban J connectivity index is 1.63. The van der Waals surface area contributed by atoms with Gasteiger partial charge in [0.2, 0.25) is 0 Å². The normalized spacial score (nSPS) is 13.0. The molecule has 4 rings (SSSR count). The van der Waals surface area contributed by atoms with E-state index in [1.165, 1.54) is 23.4 Å². The van der Waals surface area contributed by atoms with Gasteiger partial charge in [-0.25, -0.2) is 8.42 Å². The van der Waals surface area contributed by atoms with Crippen molar-refractivity contribution in [3.05, 3.63) is 89.5 Å². The molecule has 3 aromatic carbocycles. The molecule has 6 nitrogen and oxygen atoms in total. The van der Waals surface area contributed by atoms with Gasteiger partial charge in [0.05, 0.1) is 16.3 Å². The minimum atomic E-state index is -3.80. The van der Waals surface area contributed by atoms with Crippen molar-refractivity contribution in [1.29, 1.82) is 0 Å². The number of benzene rings is 3. The van der Waals surface area contributed by atoms with Gasteiger partial charge >= 0.3 is 0 Å². The number of carbonyl (C=O) groups is 2. The van der Waals surface area contributed by atoms with Gasteiger partial charge in [0, 0.05) is 17.7 Å². The zero-order valence-electron chi connectivity index (χ0n) is 16.3. The summed E-state index contributed by atoms with van der Waals surface area (Å²) in [6.45, 7) is 1.79. The fraction of sp³-hybridized carbons (Fsp3) is 0.130. The Morgan fingerprint density at radius 3 is 2.47 bits per heavy atom. The molecule has 1 N–H and O–H groups in total. The number of hydrogen-bond donors (Lipinski definition) is 1. The third-order valence-corrected chi connectivity index (χ3v) is 6.89. The predicted molar refractivity (Wildman–Crippen MR) is 116 cm³/mol. The number of nitrogens with one attached hydrogen (secondary N) is 1. The lowest BCUT2D eigenvalue weighted by Gasteiger charge is -2.20. The number of amides is 1. The van der Waals surface area contributed by atoms with Gasteiger partial charge in [-0.3, -0.25) is 13.9 Å². The molecule has 0 saturated heterocycles. The Bertz CT molecular complexity index is 1250. The van der Waals surface area contributed by atoms with Gasteiger partial charge in [0.25, 0.3) is 15.9 Å². The Morgan fingerprint density at radius 1 is 0.933 bits per heavy atom. The molecule has 0 fully saturated rings. The number of ketones is 1. The Kier molecular flexibility index (Phi) is 5.13. The zero-order valence-corrected chi connectivity index (χ0v) is 17.1. The van der Waals surface area contributed by atoms with Crippen LogP contribution < -0.4 is 9.62 Å². The summed E-state index contributed by atoms with van der Waals surface area (Å²) in [5.41, 5.74) is 2.63. The van der Waals surface area contributed by atoms with Crippen molar-refractivity contribution < 1.29 is 18.0 Å². The van der Waals surface area contributed by atoms with Crippen molar-refractivity contribution in [3.8, 4) is 0 Å². The Labute approximate surface area is 175 Å². The van der Waals surface area contributed by atoms with Crippen LogP contribution in [-0.4, -0.2) is 26.7 Å². The van der Waals surface area contributed by atoms with E-state index in [-0.39, 0.29) is 16.2 Å². The summed E-state index contributed by atoms with van der Waals surface area (Å²) in [7, 11) is -3.80. The second-order valence-electron chi connectivity index (χ2n) is 7.04. The molecule has 0 aliphatic carbocycles. The van der Waals surface area contributed by atoms with Gasteiger partial charge in [0.15, 0.2) is 5.78 Å². The molecular weight excluding hydrogens is 400 g/mol. The molecule has 30 heavy (non-hydrogen) atoms. The van der Waals surface area contributed by atoms with Crippen molar-refractivity contribution in [3.63, 3.8) is 0 Å². The average molecular weight is 420 g/mol. The maximum Gasteiger partial charge on any atom is 0.264 e. The van der Waals surface area contributed by atoms with Crippen LogP contribution in [0.15, 0.2) is 77.7 Å². The highest BCUT2D eigenvalue weighted by Gasteiger charge is 2.31. The average Bonchev–Trinajstić information content (AvgIpc) is 3.19. The van der Waals surface area contributed by atoms with E-state index in [4.69, 9.17) is 0 Å². The van der Waals surface area contributed by atoms with Gasteiger partial charge in [-0.15, -0.1) is 0 Å². The number of Topliss-reactive ketones (excluding diaryl/α,β-unsaturated/α-hetero) is 1. The summed E-state index contributed by atoms with van der Waals surface area (Å²) < 4.78 is 27.8. The molecule has 1 heterocycles. The predicted octanol–water partition coefficient (Wildman–Crippen LogP) is 3.89. The van der Waals surface area contributed by atoms with Crippen LogP contribution >= 0.6 is 0 Å². The van der Waals surface area contributed by atoms with E-state index in [2.05, 4.69) is 5.32 Å². The van der Waals surface area contributed by atoms with Crippen LogP contribution in [0.2, 0.25) is 0 Å². The first kappa shape index (κ1) is 19.8. The van der Waals surface area contributed by atoms with Gasteiger partial charge in [0.1, 0.15) is 0 Å². The monoisotopic (exact) mass is 420 g/mol. The number of hydrogen-bond acceptors (Lipinski definition) is 4. The molecule has 7 heteroatoms. The molecule has 1 aliphatic rings. The maximum atomic E-state index is 13.2. The Morgan fingerprint density at radius 2 is 1.67 bits per heavy atom. The van der Waals surface area contributed by atoms with Gasteiger partial charge in [-0.2, -0.15) is 0 Å². The zero-order chi connectivity index (χ0) is 21.3. The van der Waals surface area contributed by atoms with E-state index in [0.29, 0.717) is 29.9 Å². The van der Waals surface area contributed by atoms with Crippen LogP contribution in [0.5, 0.6) is 0 Å². The molecule has 1 amide bonds. The second-order valence-corrected chi connectivity index (χ2v) is 8.90. The van der Waals surface area contributed by atoms with Crippen molar-refractivity contribution in [2.75, 3.05) is 16.2 Å². The van der Waals surface area contributed by atoms with Gasteiger partial charge in [-0.05, 0) is 55.3 Å². The third-order valence-electron chi connectivity index (χ3n) is 5.08. The van der Waals surface area contributed by atoms with Crippen LogP contribution in [0, 0.1) is 0 Å². The van der Waals surface area contributed by atoms with E-state index in [0.717, 1.165) is 5.56 Å². The Hall–Kier alpha value is -3.45. The minimum Gasteiger partial charge on any atom is -0.321 e. The SMILES string of the molecule is CC(=O)c1ccccc1NC(=O)c1cccc(S(=O)(=O)N2CCc3ccccc32)c1. The summed E-state index contributed by atoms with van der Waals surface area (Å²) in [6, 6.07) is 20.0. The van der Waals surface area contributed by atoms with Gasteiger partial charge < -0.3 is 5.32 Å². The first-order valence-corrected chi connectivity index (χ1v) is 10.9.